The van der Waals surface area contributed by atoms with E-state index in [0.717, 1.165) is 27.6 Å². The van der Waals surface area contributed by atoms with Gasteiger partial charge in [-0.2, -0.15) is 4.98 Å². The van der Waals surface area contributed by atoms with Crippen LogP contribution in [0.15, 0.2) is 21.1 Å². The number of nitrogens with zero attached hydrogens (tertiary/aromatic N) is 2. The molecule has 4 nitrogen and oxygen atoms in total. The maximum Gasteiger partial charge on any atom is 0.244 e. The first-order valence-electron chi connectivity index (χ1n) is 6.80. The van der Waals surface area contributed by atoms with Gasteiger partial charge in [0.05, 0.1) is 6.04 Å². The van der Waals surface area contributed by atoms with E-state index < -0.39 is 0 Å². The maximum absolute atomic E-state index is 6.12. The van der Waals surface area contributed by atoms with Crippen molar-refractivity contribution in [3.8, 4) is 11.4 Å². The van der Waals surface area contributed by atoms with Crippen LogP contribution in [0.4, 0.5) is 0 Å². The zero-order valence-electron chi connectivity index (χ0n) is 12.3. The van der Waals surface area contributed by atoms with Crippen LogP contribution in [0.3, 0.4) is 0 Å². The second kappa shape index (κ2) is 6.06. The molecule has 1 heterocycles. The van der Waals surface area contributed by atoms with Crippen LogP contribution in [0.2, 0.25) is 0 Å². The summed E-state index contributed by atoms with van der Waals surface area (Å²) in [6, 6.07) is 3.87. The van der Waals surface area contributed by atoms with Crippen LogP contribution in [0.1, 0.15) is 43.3 Å². The van der Waals surface area contributed by atoms with Gasteiger partial charge in [-0.15, -0.1) is 0 Å². The summed E-state index contributed by atoms with van der Waals surface area (Å²) in [5.41, 5.74) is 9.37. The molecule has 5 heteroatoms. The van der Waals surface area contributed by atoms with E-state index in [9.17, 15) is 0 Å². The van der Waals surface area contributed by atoms with Gasteiger partial charge in [0.1, 0.15) is 0 Å². The van der Waals surface area contributed by atoms with Crippen LogP contribution in [-0.4, -0.2) is 10.1 Å². The molecule has 0 saturated carbocycles. The van der Waals surface area contributed by atoms with E-state index in [2.05, 4.69) is 39.9 Å². The second-order valence-electron chi connectivity index (χ2n) is 5.29. The van der Waals surface area contributed by atoms with Crippen LogP contribution < -0.4 is 5.73 Å². The van der Waals surface area contributed by atoms with E-state index in [0.29, 0.717) is 17.6 Å². The molecule has 2 rings (SSSR count). The van der Waals surface area contributed by atoms with Crippen LogP contribution in [0, 0.1) is 19.8 Å². The van der Waals surface area contributed by atoms with Crippen LogP contribution in [0.25, 0.3) is 11.4 Å². The van der Waals surface area contributed by atoms with Crippen molar-refractivity contribution < 1.29 is 4.52 Å². The number of aryl methyl sites for hydroxylation is 2. The summed E-state index contributed by atoms with van der Waals surface area (Å²) >= 11 is 3.56. The molecule has 0 aliphatic rings. The second-order valence-corrected chi connectivity index (χ2v) is 6.08. The van der Waals surface area contributed by atoms with Crippen molar-refractivity contribution >= 4 is 15.9 Å². The molecule has 2 unspecified atom stereocenters. The Morgan fingerprint density at radius 3 is 2.45 bits per heavy atom. The Hall–Kier alpha value is -1.20. The normalized spacial score (nSPS) is 14.3. The molecule has 1 aromatic carbocycles. The highest BCUT2D eigenvalue weighted by Gasteiger charge is 2.20. The molecule has 20 heavy (non-hydrogen) atoms. The van der Waals surface area contributed by atoms with Crippen molar-refractivity contribution in [2.24, 2.45) is 11.7 Å². The van der Waals surface area contributed by atoms with E-state index >= 15 is 0 Å². The summed E-state index contributed by atoms with van der Waals surface area (Å²) in [7, 11) is 0. The monoisotopic (exact) mass is 337 g/mol. The Morgan fingerprint density at radius 1 is 1.30 bits per heavy atom. The Balaban J connectivity index is 2.34. The minimum absolute atomic E-state index is 0.209. The predicted octanol–water partition coefficient (Wildman–Crippen LogP) is 4.16. The van der Waals surface area contributed by atoms with Gasteiger partial charge < -0.3 is 10.3 Å². The minimum atomic E-state index is -0.209. The Morgan fingerprint density at radius 2 is 1.90 bits per heavy atom. The molecule has 0 fully saturated rings. The lowest BCUT2D eigenvalue weighted by Crippen LogP contribution is -2.18. The third-order valence-electron chi connectivity index (χ3n) is 3.68. The molecular weight excluding hydrogens is 318 g/mol. The first kappa shape index (κ1) is 15.2. The van der Waals surface area contributed by atoms with E-state index in [4.69, 9.17) is 10.3 Å². The van der Waals surface area contributed by atoms with Crippen molar-refractivity contribution in [3.63, 3.8) is 0 Å². The minimum Gasteiger partial charge on any atom is -0.337 e. The summed E-state index contributed by atoms with van der Waals surface area (Å²) in [4.78, 5) is 4.44. The van der Waals surface area contributed by atoms with Gasteiger partial charge in [0.15, 0.2) is 0 Å². The number of nitrogens with two attached hydrogens (primary N) is 1. The Bertz CT molecular complexity index is 586. The van der Waals surface area contributed by atoms with E-state index in [1.165, 1.54) is 0 Å². The van der Waals surface area contributed by atoms with Gasteiger partial charge in [-0.3, -0.25) is 0 Å². The average Bonchev–Trinajstić information content (AvgIpc) is 2.92. The van der Waals surface area contributed by atoms with Gasteiger partial charge in [0, 0.05) is 10.0 Å². The van der Waals surface area contributed by atoms with Crippen molar-refractivity contribution in [1.29, 1.82) is 0 Å². The number of hydrogen-bond donors (Lipinski definition) is 1. The SMILES string of the molecule is CCC(C)C(N)c1nc(-c2cc(C)c(Br)c(C)c2)no1. The zero-order chi connectivity index (χ0) is 14.9. The molecule has 0 radical (unpaired) electrons. The van der Waals surface area contributed by atoms with Crippen molar-refractivity contribution in [2.75, 3.05) is 0 Å². The van der Waals surface area contributed by atoms with Crippen molar-refractivity contribution in [2.45, 2.75) is 40.2 Å². The average molecular weight is 338 g/mol. The molecule has 0 saturated heterocycles. The fraction of sp³-hybridized carbons (Fsp3) is 0.467. The lowest BCUT2D eigenvalue weighted by Gasteiger charge is -2.13. The predicted molar refractivity (Wildman–Crippen MR) is 83.3 cm³/mol. The molecule has 2 N–H and O–H groups in total. The third kappa shape index (κ3) is 2.94. The van der Waals surface area contributed by atoms with Gasteiger partial charge >= 0.3 is 0 Å². The summed E-state index contributed by atoms with van der Waals surface area (Å²) in [6.07, 6.45) is 0.982. The molecule has 0 aliphatic heterocycles. The highest BCUT2D eigenvalue weighted by atomic mass is 79.9. The Kier molecular flexibility index (Phi) is 4.60. The molecule has 2 atom stereocenters. The van der Waals surface area contributed by atoms with Crippen molar-refractivity contribution in [3.05, 3.63) is 33.6 Å². The number of aromatic nitrogens is 2. The molecule has 0 amide bonds. The van der Waals surface area contributed by atoms with Crippen LogP contribution in [-0.2, 0) is 0 Å². The number of halogens is 1. The first-order valence-corrected chi connectivity index (χ1v) is 7.59. The van der Waals surface area contributed by atoms with Gasteiger partial charge in [-0.25, -0.2) is 0 Å². The summed E-state index contributed by atoms with van der Waals surface area (Å²) in [6.45, 7) is 8.28. The maximum atomic E-state index is 6.12. The lowest BCUT2D eigenvalue weighted by molar-refractivity contribution is 0.312. The highest BCUT2D eigenvalue weighted by Crippen LogP contribution is 2.28. The van der Waals surface area contributed by atoms with E-state index in [-0.39, 0.29) is 6.04 Å². The number of benzene rings is 1. The van der Waals surface area contributed by atoms with Crippen LogP contribution >= 0.6 is 15.9 Å². The third-order valence-corrected chi connectivity index (χ3v) is 4.93. The van der Waals surface area contributed by atoms with Crippen molar-refractivity contribution in [1.82, 2.24) is 10.1 Å². The summed E-state index contributed by atoms with van der Waals surface area (Å²) in [5.74, 6) is 1.42. The molecule has 0 aliphatic carbocycles. The van der Waals surface area contributed by atoms with Gasteiger partial charge in [-0.1, -0.05) is 41.4 Å². The Labute approximate surface area is 127 Å². The quantitative estimate of drug-likeness (QED) is 0.909. The largest absolute Gasteiger partial charge is 0.337 e. The van der Waals surface area contributed by atoms with Gasteiger partial charge in [0.25, 0.3) is 0 Å². The van der Waals surface area contributed by atoms with E-state index in [1.54, 1.807) is 0 Å². The molecule has 0 spiro atoms. The molecule has 2 aromatic rings. The highest BCUT2D eigenvalue weighted by molar-refractivity contribution is 9.10. The lowest BCUT2D eigenvalue weighted by atomic mass is 10.0. The topological polar surface area (TPSA) is 64.9 Å². The summed E-state index contributed by atoms with van der Waals surface area (Å²) < 4.78 is 6.43. The summed E-state index contributed by atoms with van der Waals surface area (Å²) in [5, 5.41) is 4.05. The van der Waals surface area contributed by atoms with Gasteiger partial charge in [-0.05, 0) is 43.0 Å². The standard InChI is InChI=1S/C15H20BrN3O/c1-5-8(2)13(17)15-18-14(19-20-15)11-6-9(3)12(16)10(4)7-11/h6-8,13H,5,17H2,1-4H3. The molecular formula is C15H20BrN3O. The molecule has 0 bridgehead atoms. The number of rotatable bonds is 4. The fourth-order valence-corrected chi connectivity index (χ4v) is 2.29. The van der Waals surface area contributed by atoms with E-state index in [1.807, 2.05) is 26.0 Å². The molecule has 108 valence electrons. The van der Waals surface area contributed by atoms with Gasteiger partial charge in [0.2, 0.25) is 11.7 Å². The smallest absolute Gasteiger partial charge is 0.244 e. The fourth-order valence-electron chi connectivity index (χ4n) is 2.06. The zero-order valence-corrected chi connectivity index (χ0v) is 13.9. The number of hydrogen-bond acceptors (Lipinski definition) is 4. The first-order chi connectivity index (χ1) is 9.43. The molecule has 1 aromatic heterocycles. The van der Waals surface area contributed by atoms with Crippen LogP contribution in [0.5, 0.6) is 0 Å².